The number of esters is 1. The summed E-state index contributed by atoms with van der Waals surface area (Å²) in [5, 5.41) is 0. The molecule has 0 amide bonds. The van der Waals surface area contributed by atoms with Gasteiger partial charge in [-0.25, -0.2) is 15.0 Å². The van der Waals surface area contributed by atoms with E-state index < -0.39 is 5.92 Å². The van der Waals surface area contributed by atoms with Crippen molar-refractivity contribution in [2.75, 3.05) is 13.7 Å². The summed E-state index contributed by atoms with van der Waals surface area (Å²) in [6.45, 7) is 4.21. The van der Waals surface area contributed by atoms with E-state index in [1.54, 1.807) is 31.9 Å². The predicted octanol–water partition coefficient (Wildman–Crippen LogP) is 1.10. The van der Waals surface area contributed by atoms with Crippen molar-refractivity contribution in [2.24, 2.45) is 0 Å². The molecule has 2 rings (SSSR count). The van der Waals surface area contributed by atoms with Crippen molar-refractivity contribution < 1.29 is 14.3 Å². The van der Waals surface area contributed by atoms with Gasteiger partial charge in [-0.15, -0.1) is 0 Å². The van der Waals surface area contributed by atoms with E-state index in [0.29, 0.717) is 30.2 Å². The van der Waals surface area contributed by atoms with Gasteiger partial charge in [0, 0.05) is 7.11 Å². The number of ether oxygens (including phenoxy) is 2. The fourth-order valence-corrected chi connectivity index (χ4v) is 1.83. The summed E-state index contributed by atoms with van der Waals surface area (Å²) in [5.41, 5.74) is 1.81. The zero-order valence-electron chi connectivity index (χ0n) is 11.2. The summed E-state index contributed by atoms with van der Waals surface area (Å²) in [7, 11) is 1.59. The van der Waals surface area contributed by atoms with Gasteiger partial charge in [-0.05, 0) is 13.8 Å². The number of carbonyl (C=O) groups is 1. The van der Waals surface area contributed by atoms with Crippen LogP contribution >= 0.6 is 0 Å². The van der Waals surface area contributed by atoms with Gasteiger partial charge in [0.05, 0.1) is 24.5 Å². The average molecular weight is 264 g/mol. The van der Waals surface area contributed by atoms with E-state index in [9.17, 15) is 4.79 Å². The molecule has 2 aromatic heterocycles. The maximum Gasteiger partial charge on any atom is 0.314 e. The van der Waals surface area contributed by atoms with Gasteiger partial charge in [-0.2, -0.15) is 0 Å². The minimum atomic E-state index is -0.476. The number of rotatable bonds is 5. The zero-order valence-corrected chi connectivity index (χ0v) is 11.2. The molecule has 7 nitrogen and oxygen atoms in total. The Labute approximate surface area is 110 Å². The SMILES string of the molecule is CCOC(=O)C(C)c1ncnc2c1ncn2COC. The normalized spacial score (nSPS) is 12.6. The highest BCUT2D eigenvalue weighted by Crippen LogP contribution is 2.21. The first kappa shape index (κ1) is 13.4. The third kappa shape index (κ3) is 2.55. The summed E-state index contributed by atoms with van der Waals surface area (Å²) in [4.78, 5) is 24.3. The third-order valence-corrected chi connectivity index (χ3v) is 2.75. The van der Waals surface area contributed by atoms with Gasteiger partial charge < -0.3 is 9.47 Å². The molecule has 0 radical (unpaired) electrons. The second-order valence-electron chi connectivity index (χ2n) is 4.04. The van der Waals surface area contributed by atoms with Crippen LogP contribution in [0.5, 0.6) is 0 Å². The fraction of sp³-hybridized carbons (Fsp3) is 0.500. The van der Waals surface area contributed by atoms with Crippen molar-refractivity contribution in [1.29, 1.82) is 0 Å². The largest absolute Gasteiger partial charge is 0.465 e. The lowest BCUT2D eigenvalue weighted by Gasteiger charge is -2.10. The maximum absolute atomic E-state index is 11.8. The molecule has 0 fully saturated rings. The molecule has 0 spiro atoms. The lowest BCUT2D eigenvalue weighted by molar-refractivity contribution is -0.144. The number of carbonyl (C=O) groups excluding carboxylic acids is 1. The molecule has 0 N–H and O–H groups in total. The molecule has 1 atom stereocenters. The Kier molecular flexibility index (Phi) is 4.06. The monoisotopic (exact) mass is 264 g/mol. The Bertz CT molecular complexity index is 581. The van der Waals surface area contributed by atoms with Gasteiger partial charge in [0.1, 0.15) is 18.6 Å². The van der Waals surface area contributed by atoms with Crippen LogP contribution in [0.15, 0.2) is 12.7 Å². The summed E-state index contributed by atoms with van der Waals surface area (Å²) >= 11 is 0. The molecule has 0 bridgehead atoms. The molecule has 7 heteroatoms. The Hall–Kier alpha value is -2.02. The van der Waals surface area contributed by atoms with Crippen molar-refractivity contribution in [2.45, 2.75) is 26.5 Å². The van der Waals surface area contributed by atoms with Crippen LogP contribution in [0, 0.1) is 0 Å². The van der Waals surface area contributed by atoms with E-state index in [1.165, 1.54) is 6.33 Å². The van der Waals surface area contributed by atoms with Crippen LogP contribution in [0.3, 0.4) is 0 Å². The molecule has 0 aliphatic carbocycles. The van der Waals surface area contributed by atoms with Crippen LogP contribution in [-0.2, 0) is 21.0 Å². The van der Waals surface area contributed by atoms with Crippen molar-refractivity contribution in [3.8, 4) is 0 Å². The van der Waals surface area contributed by atoms with E-state index in [4.69, 9.17) is 9.47 Å². The van der Waals surface area contributed by atoms with Crippen LogP contribution < -0.4 is 0 Å². The van der Waals surface area contributed by atoms with Gasteiger partial charge in [0.2, 0.25) is 0 Å². The van der Waals surface area contributed by atoms with E-state index in [0.717, 1.165) is 0 Å². The van der Waals surface area contributed by atoms with Crippen molar-refractivity contribution in [3.05, 3.63) is 18.3 Å². The van der Waals surface area contributed by atoms with Gasteiger partial charge in [0.15, 0.2) is 5.65 Å². The number of hydrogen-bond donors (Lipinski definition) is 0. The lowest BCUT2D eigenvalue weighted by Crippen LogP contribution is -2.15. The molecule has 19 heavy (non-hydrogen) atoms. The summed E-state index contributed by atoms with van der Waals surface area (Å²) in [5.74, 6) is -0.792. The average Bonchev–Trinajstić information content (AvgIpc) is 2.82. The molecule has 2 aromatic rings. The van der Waals surface area contributed by atoms with Gasteiger partial charge >= 0.3 is 5.97 Å². The van der Waals surface area contributed by atoms with Crippen LogP contribution in [-0.4, -0.2) is 39.2 Å². The molecule has 102 valence electrons. The van der Waals surface area contributed by atoms with E-state index in [1.807, 2.05) is 0 Å². The van der Waals surface area contributed by atoms with E-state index in [2.05, 4.69) is 15.0 Å². The highest BCUT2D eigenvalue weighted by atomic mass is 16.5. The van der Waals surface area contributed by atoms with E-state index in [-0.39, 0.29) is 5.97 Å². The molecular weight excluding hydrogens is 248 g/mol. The fourth-order valence-electron chi connectivity index (χ4n) is 1.83. The maximum atomic E-state index is 11.8. The number of imidazole rings is 1. The van der Waals surface area contributed by atoms with Crippen LogP contribution in [0.25, 0.3) is 11.2 Å². The smallest absolute Gasteiger partial charge is 0.314 e. The number of nitrogens with zero attached hydrogens (tertiary/aromatic N) is 4. The third-order valence-electron chi connectivity index (χ3n) is 2.75. The molecule has 0 saturated heterocycles. The quantitative estimate of drug-likeness (QED) is 0.752. The first-order chi connectivity index (χ1) is 9.19. The Morgan fingerprint density at radius 3 is 2.89 bits per heavy atom. The first-order valence-corrected chi connectivity index (χ1v) is 6.00. The molecule has 0 aromatic carbocycles. The second-order valence-corrected chi connectivity index (χ2v) is 4.04. The minimum Gasteiger partial charge on any atom is -0.465 e. The Morgan fingerprint density at radius 1 is 1.42 bits per heavy atom. The molecule has 0 aliphatic heterocycles. The van der Waals surface area contributed by atoms with Crippen molar-refractivity contribution in [1.82, 2.24) is 19.5 Å². The second kappa shape index (κ2) is 5.75. The molecule has 0 aliphatic rings. The van der Waals surface area contributed by atoms with E-state index >= 15 is 0 Å². The van der Waals surface area contributed by atoms with Crippen LogP contribution in [0.2, 0.25) is 0 Å². The van der Waals surface area contributed by atoms with Gasteiger partial charge in [0.25, 0.3) is 0 Å². The van der Waals surface area contributed by atoms with Crippen LogP contribution in [0.4, 0.5) is 0 Å². The summed E-state index contributed by atoms with van der Waals surface area (Å²) in [6, 6.07) is 0. The molecule has 0 saturated carbocycles. The minimum absolute atomic E-state index is 0.316. The first-order valence-electron chi connectivity index (χ1n) is 6.00. The van der Waals surface area contributed by atoms with Crippen molar-refractivity contribution >= 4 is 17.1 Å². The molecular formula is C12H16N4O3. The predicted molar refractivity (Wildman–Crippen MR) is 67.4 cm³/mol. The zero-order chi connectivity index (χ0) is 13.8. The highest BCUT2D eigenvalue weighted by molar-refractivity contribution is 5.83. The number of fused-ring (bicyclic) bond motifs is 1. The molecule has 1 unspecified atom stereocenters. The summed E-state index contributed by atoms with van der Waals surface area (Å²) in [6.07, 6.45) is 3.03. The lowest BCUT2D eigenvalue weighted by atomic mass is 10.1. The standard InChI is InChI=1S/C12H16N4O3/c1-4-19-12(17)8(2)9-10-11(14-5-13-9)16(6-15-10)7-18-3/h5-6,8H,4,7H2,1-3H3. The number of hydrogen-bond acceptors (Lipinski definition) is 6. The van der Waals surface area contributed by atoms with Crippen molar-refractivity contribution in [3.63, 3.8) is 0 Å². The molecule has 2 heterocycles. The summed E-state index contributed by atoms with van der Waals surface area (Å²) < 4.78 is 11.8. The van der Waals surface area contributed by atoms with Gasteiger partial charge in [-0.3, -0.25) is 9.36 Å². The number of methoxy groups -OCH3 is 1. The highest BCUT2D eigenvalue weighted by Gasteiger charge is 2.22. The Morgan fingerprint density at radius 2 is 2.21 bits per heavy atom. The Balaban J connectivity index is 2.41. The number of aromatic nitrogens is 4. The van der Waals surface area contributed by atoms with Crippen LogP contribution in [0.1, 0.15) is 25.5 Å². The van der Waals surface area contributed by atoms with Gasteiger partial charge in [-0.1, -0.05) is 0 Å². The topological polar surface area (TPSA) is 79.1 Å².